The molecule has 0 spiro atoms. The number of aromatic nitrogens is 2. The number of piperidine rings is 1. The Morgan fingerprint density at radius 3 is 2.89 bits per heavy atom. The van der Waals surface area contributed by atoms with Crippen molar-refractivity contribution >= 4 is 5.82 Å². The molecule has 18 heavy (non-hydrogen) atoms. The van der Waals surface area contributed by atoms with E-state index in [2.05, 4.69) is 20.2 Å². The van der Waals surface area contributed by atoms with Crippen molar-refractivity contribution in [1.82, 2.24) is 15.3 Å². The summed E-state index contributed by atoms with van der Waals surface area (Å²) in [5.41, 5.74) is -0.0674. The summed E-state index contributed by atoms with van der Waals surface area (Å²) in [6.45, 7) is 2.09. The molecule has 5 nitrogen and oxygen atoms in total. The molecule has 98 valence electrons. The van der Waals surface area contributed by atoms with E-state index in [1.54, 1.807) is 6.07 Å². The van der Waals surface area contributed by atoms with Crippen LogP contribution in [0, 0.1) is 0 Å². The predicted octanol–water partition coefficient (Wildman–Crippen LogP) is 0.881. The van der Waals surface area contributed by atoms with Gasteiger partial charge in [0.1, 0.15) is 5.82 Å². The van der Waals surface area contributed by atoms with Crippen molar-refractivity contribution in [2.45, 2.75) is 44.2 Å². The quantitative estimate of drug-likeness (QED) is 0.830. The van der Waals surface area contributed by atoms with Crippen LogP contribution in [0.1, 0.15) is 32.1 Å². The third-order valence-corrected chi connectivity index (χ3v) is 3.78. The highest BCUT2D eigenvalue weighted by Gasteiger charge is 2.32. The second kappa shape index (κ2) is 5.10. The Bertz CT molecular complexity index is 448. The molecule has 0 amide bonds. The molecule has 2 fully saturated rings. The van der Waals surface area contributed by atoms with Crippen molar-refractivity contribution in [3.63, 3.8) is 0 Å². The minimum atomic E-state index is -0.0674. The number of anilines is 1. The molecular formula is C13H20N4O. The first kappa shape index (κ1) is 11.7. The first-order chi connectivity index (χ1) is 8.83. The van der Waals surface area contributed by atoms with Gasteiger partial charge < -0.3 is 15.2 Å². The molecule has 2 aliphatic rings. The summed E-state index contributed by atoms with van der Waals surface area (Å²) in [4.78, 5) is 20.6. The van der Waals surface area contributed by atoms with Crippen molar-refractivity contribution in [1.29, 1.82) is 0 Å². The first-order valence-corrected chi connectivity index (χ1v) is 6.88. The number of aromatic amines is 1. The first-order valence-electron chi connectivity index (χ1n) is 6.88. The van der Waals surface area contributed by atoms with Gasteiger partial charge in [0, 0.05) is 24.7 Å². The minimum absolute atomic E-state index is 0.0674. The summed E-state index contributed by atoms with van der Waals surface area (Å²) in [7, 11) is 0. The Balaban J connectivity index is 1.73. The largest absolute Gasteiger partial charge is 0.352 e. The Morgan fingerprint density at radius 1 is 1.33 bits per heavy atom. The molecule has 1 unspecified atom stereocenters. The maximum Gasteiger partial charge on any atom is 0.252 e. The van der Waals surface area contributed by atoms with Crippen molar-refractivity contribution in [2.24, 2.45) is 0 Å². The second-order valence-corrected chi connectivity index (χ2v) is 5.30. The van der Waals surface area contributed by atoms with Crippen LogP contribution in [0.4, 0.5) is 5.82 Å². The van der Waals surface area contributed by atoms with Gasteiger partial charge in [-0.15, -0.1) is 0 Å². The van der Waals surface area contributed by atoms with Crippen LogP contribution in [0.5, 0.6) is 0 Å². The minimum Gasteiger partial charge on any atom is -0.352 e. The van der Waals surface area contributed by atoms with Gasteiger partial charge in [-0.1, -0.05) is 6.42 Å². The van der Waals surface area contributed by atoms with Crippen LogP contribution in [-0.2, 0) is 0 Å². The molecule has 3 rings (SSSR count). The van der Waals surface area contributed by atoms with E-state index in [1.165, 1.54) is 38.4 Å². The normalized spacial score (nSPS) is 23.9. The summed E-state index contributed by atoms with van der Waals surface area (Å²) < 4.78 is 0. The van der Waals surface area contributed by atoms with E-state index in [4.69, 9.17) is 0 Å². The number of nitrogens with zero attached hydrogens (tertiary/aromatic N) is 2. The molecule has 1 atom stereocenters. The molecule has 1 aliphatic heterocycles. The van der Waals surface area contributed by atoms with Gasteiger partial charge in [0.15, 0.2) is 0 Å². The Morgan fingerprint density at radius 2 is 2.22 bits per heavy atom. The number of hydrogen-bond donors (Lipinski definition) is 2. The standard InChI is InChI=1S/C13H20N4O/c18-13-7-12(15-9-16-13)17(11-4-5-11)8-10-3-1-2-6-14-10/h7,9-11,14H,1-6,8H2,(H,15,16,18). The third kappa shape index (κ3) is 2.72. The summed E-state index contributed by atoms with van der Waals surface area (Å²) in [6.07, 6.45) is 7.76. The van der Waals surface area contributed by atoms with E-state index in [9.17, 15) is 4.79 Å². The van der Waals surface area contributed by atoms with Gasteiger partial charge in [-0.2, -0.15) is 0 Å². The Kier molecular flexibility index (Phi) is 3.32. The lowest BCUT2D eigenvalue weighted by atomic mass is 10.0. The van der Waals surface area contributed by atoms with E-state index in [0.29, 0.717) is 12.1 Å². The van der Waals surface area contributed by atoms with Crippen molar-refractivity contribution in [2.75, 3.05) is 18.0 Å². The summed E-state index contributed by atoms with van der Waals surface area (Å²) in [5.74, 6) is 0.827. The van der Waals surface area contributed by atoms with Gasteiger partial charge in [-0.25, -0.2) is 4.98 Å². The topological polar surface area (TPSA) is 61.0 Å². The molecule has 0 bridgehead atoms. The summed E-state index contributed by atoms with van der Waals surface area (Å²) in [5, 5.41) is 3.56. The van der Waals surface area contributed by atoms with Gasteiger partial charge >= 0.3 is 0 Å². The lowest BCUT2D eigenvalue weighted by Crippen LogP contribution is -2.45. The molecule has 0 aromatic carbocycles. The maximum atomic E-state index is 11.4. The van der Waals surface area contributed by atoms with Gasteiger partial charge in [0.2, 0.25) is 0 Å². The molecule has 0 radical (unpaired) electrons. The van der Waals surface area contributed by atoms with Crippen LogP contribution in [0.15, 0.2) is 17.2 Å². The Labute approximate surface area is 107 Å². The van der Waals surface area contributed by atoms with Crippen LogP contribution >= 0.6 is 0 Å². The number of rotatable bonds is 4. The van der Waals surface area contributed by atoms with E-state index in [1.807, 2.05) is 0 Å². The smallest absolute Gasteiger partial charge is 0.252 e. The molecule has 1 aromatic heterocycles. The molecule has 1 saturated heterocycles. The monoisotopic (exact) mass is 248 g/mol. The lowest BCUT2D eigenvalue weighted by Gasteiger charge is -2.31. The van der Waals surface area contributed by atoms with E-state index < -0.39 is 0 Å². The van der Waals surface area contributed by atoms with Gasteiger partial charge in [0.05, 0.1) is 6.33 Å². The van der Waals surface area contributed by atoms with Gasteiger partial charge in [0.25, 0.3) is 5.56 Å². The Hall–Kier alpha value is -1.36. The van der Waals surface area contributed by atoms with Gasteiger partial charge in [-0.05, 0) is 32.2 Å². The highest BCUT2D eigenvalue weighted by molar-refractivity contribution is 5.40. The molecule has 1 saturated carbocycles. The zero-order chi connectivity index (χ0) is 12.4. The highest BCUT2D eigenvalue weighted by Crippen LogP contribution is 2.30. The number of hydrogen-bond acceptors (Lipinski definition) is 4. The summed E-state index contributed by atoms with van der Waals surface area (Å²) >= 11 is 0. The van der Waals surface area contributed by atoms with Crippen LogP contribution in [0.3, 0.4) is 0 Å². The average Bonchev–Trinajstić information content (AvgIpc) is 3.21. The lowest BCUT2D eigenvalue weighted by molar-refractivity contribution is 0.397. The van der Waals surface area contributed by atoms with Crippen molar-refractivity contribution in [3.8, 4) is 0 Å². The number of nitrogens with one attached hydrogen (secondary N) is 2. The van der Waals surface area contributed by atoms with Gasteiger partial charge in [-0.3, -0.25) is 4.79 Å². The SMILES string of the molecule is O=c1cc(N(CC2CCCCN2)C2CC2)nc[nH]1. The zero-order valence-electron chi connectivity index (χ0n) is 10.6. The number of H-pyrrole nitrogens is 1. The summed E-state index contributed by atoms with van der Waals surface area (Å²) in [6, 6.07) is 2.74. The van der Waals surface area contributed by atoms with Crippen LogP contribution in [0.25, 0.3) is 0 Å². The highest BCUT2D eigenvalue weighted by atomic mass is 16.1. The second-order valence-electron chi connectivity index (χ2n) is 5.30. The molecule has 2 N–H and O–H groups in total. The molecule has 1 aromatic rings. The van der Waals surface area contributed by atoms with E-state index in [-0.39, 0.29) is 5.56 Å². The fraction of sp³-hybridized carbons (Fsp3) is 0.692. The molecule has 2 heterocycles. The molecule has 5 heteroatoms. The third-order valence-electron chi connectivity index (χ3n) is 3.78. The van der Waals surface area contributed by atoms with Crippen LogP contribution in [-0.4, -0.2) is 35.1 Å². The van der Waals surface area contributed by atoms with Crippen LogP contribution < -0.4 is 15.8 Å². The predicted molar refractivity (Wildman–Crippen MR) is 70.9 cm³/mol. The fourth-order valence-corrected chi connectivity index (χ4v) is 2.65. The fourth-order valence-electron chi connectivity index (χ4n) is 2.65. The maximum absolute atomic E-state index is 11.4. The van der Waals surface area contributed by atoms with Crippen LogP contribution in [0.2, 0.25) is 0 Å². The molecular weight excluding hydrogens is 228 g/mol. The van der Waals surface area contributed by atoms with Crippen molar-refractivity contribution in [3.05, 3.63) is 22.7 Å². The average molecular weight is 248 g/mol. The van der Waals surface area contributed by atoms with E-state index in [0.717, 1.165) is 18.9 Å². The van der Waals surface area contributed by atoms with E-state index >= 15 is 0 Å². The zero-order valence-corrected chi connectivity index (χ0v) is 10.6. The molecule has 1 aliphatic carbocycles. The van der Waals surface area contributed by atoms with Crippen molar-refractivity contribution < 1.29 is 0 Å².